The highest BCUT2D eigenvalue weighted by Gasteiger charge is 2.54. The molecular weight excluding hydrogens is 378 g/mol. The van der Waals surface area contributed by atoms with E-state index in [1.54, 1.807) is 6.07 Å². The maximum absolute atomic E-state index is 12.1. The summed E-state index contributed by atoms with van der Waals surface area (Å²) in [5.74, 6) is 1.51. The zero-order valence-corrected chi connectivity index (χ0v) is 19.0. The fourth-order valence-electron chi connectivity index (χ4n) is 5.72. The smallest absolute Gasteiger partial charge is 0.337 e. The summed E-state index contributed by atoms with van der Waals surface area (Å²) in [4.78, 5) is 12.1. The SMILES string of the molecule is COC(=O)c1ccc2c(c1)[C@@H]1OC[C@]3(CCCNC3)C[C@H]1[C@@](C)(CCCC(C)C)O2. The van der Waals surface area contributed by atoms with Crippen molar-refractivity contribution >= 4 is 5.97 Å². The van der Waals surface area contributed by atoms with Gasteiger partial charge in [0.25, 0.3) is 0 Å². The molecule has 5 nitrogen and oxygen atoms in total. The average molecular weight is 416 g/mol. The van der Waals surface area contributed by atoms with E-state index in [1.165, 1.54) is 26.4 Å². The molecule has 0 aromatic heterocycles. The van der Waals surface area contributed by atoms with Gasteiger partial charge in [-0.25, -0.2) is 4.79 Å². The van der Waals surface area contributed by atoms with Gasteiger partial charge in [-0.1, -0.05) is 20.3 Å². The number of rotatable bonds is 5. The molecule has 3 aliphatic rings. The first-order valence-corrected chi connectivity index (χ1v) is 11.6. The number of fused-ring (bicyclic) bond motifs is 3. The Hall–Kier alpha value is -1.59. The number of benzene rings is 1. The Kier molecular flexibility index (Phi) is 6.13. The van der Waals surface area contributed by atoms with E-state index in [0.717, 1.165) is 50.3 Å². The zero-order chi connectivity index (χ0) is 21.4. The Bertz CT molecular complexity index is 770. The first-order valence-electron chi connectivity index (χ1n) is 11.6. The van der Waals surface area contributed by atoms with Gasteiger partial charge in [0.05, 0.1) is 25.4 Å². The predicted molar refractivity (Wildman–Crippen MR) is 117 cm³/mol. The third kappa shape index (κ3) is 4.11. The average Bonchev–Trinajstić information content (AvgIpc) is 2.73. The normalized spacial score (nSPS) is 33.0. The van der Waals surface area contributed by atoms with Crippen LogP contribution in [0.3, 0.4) is 0 Å². The van der Waals surface area contributed by atoms with E-state index >= 15 is 0 Å². The molecule has 1 aromatic rings. The molecule has 1 spiro atoms. The second-order valence-corrected chi connectivity index (χ2v) is 10.3. The minimum absolute atomic E-state index is 0.0324. The molecule has 166 valence electrons. The number of piperidine rings is 1. The van der Waals surface area contributed by atoms with Gasteiger partial charge in [0.1, 0.15) is 11.4 Å². The van der Waals surface area contributed by atoms with Crippen molar-refractivity contribution in [3.05, 3.63) is 29.3 Å². The molecule has 4 rings (SSSR count). The Morgan fingerprint density at radius 2 is 2.20 bits per heavy atom. The number of methoxy groups -OCH3 is 1. The minimum Gasteiger partial charge on any atom is -0.487 e. The van der Waals surface area contributed by atoms with Crippen molar-refractivity contribution in [3.8, 4) is 5.75 Å². The molecule has 2 saturated heterocycles. The highest BCUT2D eigenvalue weighted by molar-refractivity contribution is 5.89. The first-order chi connectivity index (χ1) is 14.4. The summed E-state index contributed by atoms with van der Waals surface area (Å²) in [6, 6.07) is 5.65. The molecule has 0 amide bonds. The van der Waals surface area contributed by atoms with Gasteiger partial charge in [-0.15, -0.1) is 0 Å². The molecule has 4 atom stereocenters. The molecule has 3 heterocycles. The number of hydrogen-bond donors (Lipinski definition) is 1. The predicted octanol–water partition coefficient (Wildman–Crippen LogP) is 4.90. The van der Waals surface area contributed by atoms with Crippen LogP contribution in [0.2, 0.25) is 0 Å². The lowest BCUT2D eigenvalue weighted by Crippen LogP contribution is -2.56. The molecule has 1 aromatic carbocycles. The lowest BCUT2D eigenvalue weighted by atomic mass is 9.64. The van der Waals surface area contributed by atoms with Crippen molar-refractivity contribution in [1.82, 2.24) is 5.32 Å². The van der Waals surface area contributed by atoms with Crippen molar-refractivity contribution < 1.29 is 19.0 Å². The standard InChI is InChI=1S/C25H37NO4/c1-17(2)7-5-10-24(3)20-14-25(11-6-12-26-15-25)16-29-22(20)19-13-18(23(27)28-4)8-9-21(19)30-24/h8-9,13,17,20,22,26H,5-7,10-12,14-16H2,1-4H3/t20-,22+,24-,25-/m1/s1. The maximum Gasteiger partial charge on any atom is 0.337 e. The fourth-order valence-corrected chi connectivity index (χ4v) is 5.72. The summed E-state index contributed by atoms with van der Waals surface area (Å²) >= 11 is 0. The van der Waals surface area contributed by atoms with E-state index in [1.807, 2.05) is 12.1 Å². The minimum atomic E-state index is -0.316. The van der Waals surface area contributed by atoms with Gasteiger partial charge >= 0.3 is 5.97 Å². The van der Waals surface area contributed by atoms with Crippen LogP contribution in [0.1, 0.15) is 81.3 Å². The molecule has 30 heavy (non-hydrogen) atoms. The number of ether oxygens (including phenoxy) is 3. The Balaban J connectivity index is 1.66. The third-order valence-electron chi connectivity index (χ3n) is 7.47. The Morgan fingerprint density at radius 3 is 2.90 bits per heavy atom. The summed E-state index contributed by atoms with van der Waals surface area (Å²) in [5, 5.41) is 3.60. The maximum atomic E-state index is 12.1. The van der Waals surface area contributed by atoms with E-state index in [0.29, 0.717) is 11.5 Å². The van der Waals surface area contributed by atoms with Crippen molar-refractivity contribution in [2.45, 2.75) is 71.0 Å². The van der Waals surface area contributed by atoms with E-state index in [4.69, 9.17) is 14.2 Å². The quantitative estimate of drug-likeness (QED) is 0.694. The molecule has 0 unspecified atom stereocenters. The third-order valence-corrected chi connectivity index (χ3v) is 7.47. The van der Waals surface area contributed by atoms with Crippen LogP contribution in [-0.4, -0.2) is 38.4 Å². The number of carbonyl (C=O) groups excluding carboxylic acids is 1. The summed E-state index contributed by atoms with van der Waals surface area (Å²) < 4.78 is 18.3. The van der Waals surface area contributed by atoms with Crippen LogP contribution in [0, 0.1) is 17.3 Å². The number of esters is 1. The highest BCUT2D eigenvalue weighted by Crippen LogP contribution is 2.55. The molecule has 3 aliphatic heterocycles. The van der Waals surface area contributed by atoms with E-state index in [-0.39, 0.29) is 29.0 Å². The topological polar surface area (TPSA) is 56.8 Å². The number of carbonyl (C=O) groups is 1. The summed E-state index contributed by atoms with van der Waals surface area (Å²) in [6.45, 7) is 9.73. The van der Waals surface area contributed by atoms with Crippen molar-refractivity contribution in [2.75, 3.05) is 26.8 Å². The number of hydrogen-bond acceptors (Lipinski definition) is 5. The molecule has 0 radical (unpaired) electrons. The van der Waals surface area contributed by atoms with Gasteiger partial charge in [-0.05, 0) is 69.7 Å². The van der Waals surface area contributed by atoms with Crippen molar-refractivity contribution in [3.63, 3.8) is 0 Å². The van der Waals surface area contributed by atoms with Gasteiger partial charge in [0.15, 0.2) is 0 Å². The van der Waals surface area contributed by atoms with Gasteiger partial charge in [-0.3, -0.25) is 0 Å². The van der Waals surface area contributed by atoms with Crippen LogP contribution >= 0.6 is 0 Å². The van der Waals surface area contributed by atoms with Crippen LogP contribution in [0.25, 0.3) is 0 Å². The molecule has 1 N–H and O–H groups in total. The second-order valence-electron chi connectivity index (χ2n) is 10.3. The van der Waals surface area contributed by atoms with Crippen LogP contribution in [0.5, 0.6) is 5.75 Å². The largest absolute Gasteiger partial charge is 0.487 e. The zero-order valence-electron chi connectivity index (χ0n) is 19.0. The fraction of sp³-hybridized carbons (Fsp3) is 0.720. The Labute approximate surface area is 180 Å². The molecular formula is C25H37NO4. The highest BCUT2D eigenvalue weighted by atomic mass is 16.5. The van der Waals surface area contributed by atoms with Crippen molar-refractivity contribution in [2.24, 2.45) is 17.3 Å². The molecule has 0 bridgehead atoms. The summed E-state index contributed by atoms with van der Waals surface area (Å²) in [6.07, 6.45) is 6.86. The number of nitrogens with one attached hydrogen (secondary N) is 1. The van der Waals surface area contributed by atoms with Crippen LogP contribution in [0.4, 0.5) is 0 Å². The van der Waals surface area contributed by atoms with E-state index < -0.39 is 0 Å². The Morgan fingerprint density at radius 1 is 1.37 bits per heavy atom. The van der Waals surface area contributed by atoms with Gasteiger partial charge in [0, 0.05) is 23.4 Å². The molecule has 0 saturated carbocycles. The summed E-state index contributed by atoms with van der Waals surface area (Å²) in [5.41, 5.74) is 1.50. The monoisotopic (exact) mass is 415 g/mol. The van der Waals surface area contributed by atoms with Crippen LogP contribution < -0.4 is 10.1 Å². The first kappa shape index (κ1) is 21.6. The van der Waals surface area contributed by atoms with Crippen LogP contribution in [-0.2, 0) is 9.47 Å². The second kappa shape index (κ2) is 8.51. The lowest BCUT2D eigenvalue weighted by Gasteiger charge is -2.54. The van der Waals surface area contributed by atoms with Crippen molar-refractivity contribution in [1.29, 1.82) is 0 Å². The van der Waals surface area contributed by atoms with E-state index in [9.17, 15) is 4.79 Å². The van der Waals surface area contributed by atoms with E-state index in [2.05, 4.69) is 26.1 Å². The molecule has 0 aliphatic carbocycles. The molecule has 2 fully saturated rings. The van der Waals surface area contributed by atoms with Gasteiger partial charge in [-0.2, -0.15) is 0 Å². The molecule has 5 heteroatoms. The van der Waals surface area contributed by atoms with Gasteiger partial charge in [0.2, 0.25) is 0 Å². The van der Waals surface area contributed by atoms with Crippen LogP contribution in [0.15, 0.2) is 18.2 Å². The summed E-state index contributed by atoms with van der Waals surface area (Å²) in [7, 11) is 1.42. The van der Waals surface area contributed by atoms with Gasteiger partial charge < -0.3 is 19.5 Å². The lowest BCUT2D eigenvalue weighted by molar-refractivity contribution is -0.174.